The average molecular weight is 416 g/mol. The smallest absolute Gasteiger partial charge is 0.322 e. The summed E-state index contributed by atoms with van der Waals surface area (Å²) >= 11 is 0. The molecule has 1 saturated heterocycles. The third-order valence-electron chi connectivity index (χ3n) is 5.54. The molecule has 1 heterocycles. The first-order valence-corrected chi connectivity index (χ1v) is 10.3. The molecule has 1 aliphatic heterocycles. The van der Waals surface area contributed by atoms with E-state index in [4.69, 9.17) is 0 Å². The molecule has 1 N–H and O–H groups in total. The molecule has 7 heteroatoms. The van der Waals surface area contributed by atoms with Crippen LogP contribution in [0.5, 0.6) is 0 Å². The molecule has 7 nitrogen and oxygen atoms in total. The Kier molecular flexibility index (Phi) is 6.24. The predicted octanol–water partition coefficient (Wildman–Crippen LogP) is 4.53. The summed E-state index contributed by atoms with van der Waals surface area (Å²) in [6.45, 7) is 2.50. The Morgan fingerprint density at radius 2 is 1.32 bits per heavy atom. The zero-order valence-corrected chi connectivity index (χ0v) is 17.1. The van der Waals surface area contributed by atoms with Crippen molar-refractivity contribution < 1.29 is 9.72 Å². The normalized spacial score (nSPS) is 14.4. The molecule has 2 amide bonds. The molecule has 1 fully saturated rings. The Balaban J connectivity index is 1.46. The van der Waals surface area contributed by atoms with Crippen molar-refractivity contribution in [3.8, 4) is 0 Å². The van der Waals surface area contributed by atoms with Crippen LogP contribution in [0.3, 0.4) is 0 Å². The van der Waals surface area contributed by atoms with E-state index < -0.39 is 4.92 Å². The standard InChI is InChI=1S/C24H24N4O3/c29-24(25-21-13-7-8-14-22(21)28(30)31)27-17-15-26(16-18-27)23(19-9-3-1-4-10-19)20-11-5-2-6-12-20/h1-14,23H,15-18H2,(H,25,29). The molecule has 1 aliphatic rings. The van der Waals surface area contributed by atoms with Gasteiger partial charge in [-0.2, -0.15) is 0 Å². The maximum absolute atomic E-state index is 12.7. The van der Waals surface area contributed by atoms with E-state index in [0.717, 1.165) is 0 Å². The van der Waals surface area contributed by atoms with Gasteiger partial charge in [0.1, 0.15) is 5.69 Å². The molecule has 0 atom stereocenters. The molecule has 31 heavy (non-hydrogen) atoms. The molecule has 0 spiro atoms. The summed E-state index contributed by atoms with van der Waals surface area (Å²) in [4.78, 5) is 27.5. The molecule has 0 radical (unpaired) electrons. The molecule has 158 valence electrons. The summed E-state index contributed by atoms with van der Waals surface area (Å²) < 4.78 is 0. The molecule has 0 unspecified atom stereocenters. The summed E-state index contributed by atoms with van der Waals surface area (Å²) in [6.07, 6.45) is 0. The van der Waals surface area contributed by atoms with Crippen molar-refractivity contribution in [1.29, 1.82) is 0 Å². The third kappa shape index (κ3) is 4.73. The highest BCUT2D eigenvalue weighted by Crippen LogP contribution is 2.30. The molecular formula is C24H24N4O3. The Bertz CT molecular complexity index is 995. The minimum absolute atomic E-state index is 0.109. The summed E-state index contributed by atoms with van der Waals surface area (Å²) in [6, 6.07) is 26.7. The summed E-state index contributed by atoms with van der Waals surface area (Å²) in [5, 5.41) is 13.9. The topological polar surface area (TPSA) is 78.7 Å². The highest BCUT2D eigenvalue weighted by Gasteiger charge is 2.28. The van der Waals surface area contributed by atoms with Crippen LogP contribution in [0, 0.1) is 10.1 Å². The first-order valence-electron chi connectivity index (χ1n) is 10.3. The van der Waals surface area contributed by atoms with Crippen LogP contribution in [-0.4, -0.2) is 46.9 Å². The third-order valence-corrected chi connectivity index (χ3v) is 5.54. The van der Waals surface area contributed by atoms with E-state index in [1.807, 2.05) is 36.4 Å². The van der Waals surface area contributed by atoms with Crippen LogP contribution in [0.1, 0.15) is 17.2 Å². The molecular weight excluding hydrogens is 392 g/mol. The van der Waals surface area contributed by atoms with Crippen LogP contribution in [0.15, 0.2) is 84.9 Å². The molecule has 3 aromatic rings. The van der Waals surface area contributed by atoms with Gasteiger partial charge in [0.25, 0.3) is 5.69 Å². The lowest BCUT2D eigenvalue weighted by molar-refractivity contribution is -0.383. The zero-order chi connectivity index (χ0) is 21.6. The van der Waals surface area contributed by atoms with Gasteiger partial charge in [0.15, 0.2) is 0 Å². The Morgan fingerprint density at radius 3 is 1.87 bits per heavy atom. The van der Waals surface area contributed by atoms with Crippen LogP contribution in [0.4, 0.5) is 16.2 Å². The van der Waals surface area contributed by atoms with Gasteiger partial charge in [-0.25, -0.2) is 4.79 Å². The van der Waals surface area contributed by atoms with Crippen molar-refractivity contribution in [1.82, 2.24) is 9.80 Å². The lowest BCUT2D eigenvalue weighted by Crippen LogP contribution is -2.51. The van der Waals surface area contributed by atoms with E-state index in [2.05, 4.69) is 34.5 Å². The van der Waals surface area contributed by atoms with Crippen LogP contribution in [0.25, 0.3) is 0 Å². The van der Waals surface area contributed by atoms with Crippen molar-refractivity contribution in [2.24, 2.45) is 0 Å². The molecule has 0 aliphatic carbocycles. The SMILES string of the molecule is O=C(Nc1ccccc1[N+](=O)[O-])N1CCN(C(c2ccccc2)c2ccccc2)CC1. The van der Waals surface area contributed by atoms with Gasteiger partial charge in [-0.3, -0.25) is 15.0 Å². The monoisotopic (exact) mass is 416 g/mol. The number of hydrogen-bond donors (Lipinski definition) is 1. The quantitative estimate of drug-likeness (QED) is 0.489. The van der Waals surface area contributed by atoms with Gasteiger partial charge in [0.05, 0.1) is 11.0 Å². The van der Waals surface area contributed by atoms with Crippen molar-refractivity contribution in [3.63, 3.8) is 0 Å². The summed E-state index contributed by atoms with van der Waals surface area (Å²) in [5.41, 5.74) is 2.53. The highest BCUT2D eigenvalue weighted by molar-refractivity contribution is 5.91. The van der Waals surface area contributed by atoms with Gasteiger partial charge in [0.2, 0.25) is 0 Å². The lowest BCUT2D eigenvalue weighted by Gasteiger charge is -2.39. The maximum atomic E-state index is 12.7. The van der Waals surface area contributed by atoms with E-state index in [1.165, 1.54) is 17.2 Å². The molecule has 0 saturated carbocycles. The second kappa shape index (κ2) is 9.40. The summed E-state index contributed by atoms with van der Waals surface area (Å²) in [7, 11) is 0. The summed E-state index contributed by atoms with van der Waals surface area (Å²) in [5.74, 6) is 0. The van der Waals surface area contributed by atoms with Crippen LogP contribution in [0.2, 0.25) is 0 Å². The number of nitro groups is 1. The fraction of sp³-hybridized carbons (Fsp3) is 0.208. The Hall–Kier alpha value is -3.71. The van der Waals surface area contributed by atoms with E-state index >= 15 is 0 Å². The lowest BCUT2D eigenvalue weighted by atomic mass is 9.96. The minimum atomic E-state index is -0.488. The molecule has 4 rings (SSSR count). The second-order valence-corrected chi connectivity index (χ2v) is 7.45. The van der Waals surface area contributed by atoms with Crippen LogP contribution < -0.4 is 5.32 Å². The van der Waals surface area contributed by atoms with Gasteiger partial charge in [-0.1, -0.05) is 72.8 Å². The number of amides is 2. The Labute approximate surface area is 181 Å². The number of para-hydroxylation sites is 2. The van der Waals surface area contributed by atoms with Gasteiger partial charge in [-0.15, -0.1) is 0 Å². The number of benzene rings is 3. The van der Waals surface area contributed by atoms with Gasteiger partial charge in [0, 0.05) is 32.2 Å². The van der Waals surface area contributed by atoms with Crippen LogP contribution >= 0.6 is 0 Å². The number of rotatable bonds is 5. The largest absolute Gasteiger partial charge is 0.322 e. The zero-order valence-electron chi connectivity index (χ0n) is 17.1. The first kappa shape index (κ1) is 20.6. The molecule has 3 aromatic carbocycles. The van der Waals surface area contributed by atoms with E-state index in [0.29, 0.717) is 26.2 Å². The Morgan fingerprint density at radius 1 is 0.806 bits per heavy atom. The number of nitrogens with zero attached hydrogens (tertiary/aromatic N) is 3. The number of urea groups is 1. The fourth-order valence-electron chi connectivity index (χ4n) is 4.00. The number of piperazine rings is 1. The number of nitrogens with one attached hydrogen (secondary N) is 1. The van der Waals surface area contributed by atoms with Gasteiger partial charge >= 0.3 is 6.03 Å². The molecule has 0 bridgehead atoms. The number of anilines is 1. The van der Waals surface area contributed by atoms with E-state index in [1.54, 1.807) is 23.1 Å². The van der Waals surface area contributed by atoms with Gasteiger partial charge < -0.3 is 10.2 Å². The van der Waals surface area contributed by atoms with Crippen molar-refractivity contribution in [3.05, 3.63) is 106 Å². The highest BCUT2D eigenvalue weighted by atomic mass is 16.6. The van der Waals surface area contributed by atoms with Crippen molar-refractivity contribution >= 4 is 17.4 Å². The fourth-order valence-corrected chi connectivity index (χ4v) is 4.00. The predicted molar refractivity (Wildman–Crippen MR) is 120 cm³/mol. The van der Waals surface area contributed by atoms with Crippen LogP contribution in [-0.2, 0) is 0 Å². The average Bonchev–Trinajstić information content (AvgIpc) is 2.81. The van der Waals surface area contributed by atoms with E-state index in [9.17, 15) is 14.9 Å². The van der Waals surface area contributed by atoms with Crippen molar-refractivity contribution in [2.45, 2.75) is 6.04 Å². The van der Waals surface area contributed by atoms with Gasteiger partial charge in [-0.05, 0) is 17.2 Å². The minimum Gasteiger partial charge on any atom is -0.322 e. The number of carbonyl (C=O) groups is 1. The maximum Gasteiger partial charge on any atom is 0.322 e. The second-order valence-electron chi connectivity index (χ2n) is 7.45. The number of nitro benzene ring substituents is 1. The van der Waals surface area contributed by atoms with E-state index in [-0.39, 0.29) is 23.4 Å². The number of carbonyl (C=O) groups excluding carboxylic acids is 1. The van der Waals surface area contributed by atoms with Crippen molar-refractivity contribution in [2.75, 3.05) is 31.5 Å². The molecule has 0 aromatic heterocycles. The number of hydrogen-bond acceptors (Lipinski definition) is 4. The first-order chi connectivity index (χ1) is 15.1.